The summed E-state index contributed by atoms with van der Waals surface area (Å²) in [4.78, 5) is 13.9. The van der Waals surface area contributed by atoms with Crippen LogP contribution in [-0.2, 0) is 11.3 Å². The first-order chi connectivity index (χ1) is 10.2. The van der Waals surface area contributed by atoms with Crippen LogP contribution in [0.15, 0.2) is 12.3 Å². The number of pyridine rings is 1. The third-order valence-corrected chi connectivity index (χ3v) is 2.74. The minimum absolute atomic E-state index is 0.0253. The predicted molar refractivity (Wildman–Crippen MR) is 68.9 cm³/mol. The molecule has 0 aliphatic heterocycles. The monoisotopic (exact) mass is 324 g/mol. The molecule has 1 aromatic rings. The van der Waals surface area contributed by atoms with Gasteiger partial charge < -0.3 is 15.2 Å². The third-order valence-electron chi connectivity index (χ3n) is 2.74. The fraction of sp³-hybridized carbons (Fsp3) is 0.538. The standard InChI is InChI=1S/C13H16F4N2O3/c1-8(2-3-10(20)21)19-6-9-4-5-18-12(11(9)14)22-7-13(15,16)17/h4-5,8,19H,2-3,6-7H2,1H3,(H,20,21). The molecule has 0 spiro atoms. The Balaban J connectivity index is 2.59. The first-order valence-corrected chi connectivity index (χ1v) is 6.47. The Morgan fingerprint density at radius 1 is 1.50 bits per heavy atom. The highest BCUT2D eigenvalue weighted by molar-refractivity contribution is 5.66. The van der Waals surface area contributed by atoms with Crippen LogP contribution >= 0.6 is 0 Å². The summed E-state index contributed by atoms with van der Waals surface area (Å²) in [5.41, 5.74) is 0.0920. The van der Waals surface area contributed by atoms with Gasteiger partial charge in [-0.25, -0.2) is 9.37 Å². The number of nitrogens with zero attached hydrogens (tertiary/aromatic N) is 1. The smallest absolute Gasteiger partial charge is 0.422 e. The normalized spacial score (nSPS) is 13.0. The quantitative estimate of drug-likeness (QED) is 0.719. The van der Waals surface area contributed by atoms with Gasteiger partial charge in [0.15, 0.2) is 12.4 Å². The van der Waals surface area contributed by atoms with Crippen LogP contribution in [0.5, 0.6) is 5.88 Å². The number of rotatable bonds is 8. The molecule has 124 valence electrons. The van der Waals surface area contributed by atoms with E-state index in [9.17, 15) is 22.4 Å². The molecular weight excluding hydrogens is 308 g/mol. The first kappa shape index (κ1) is 18.1. The number of hydrogen-bond donors (Lipinski definition) is 2. The van der Waals surface area contributed by atoms with E-state index in [0.29, 0.717) is 6.42 Å². The fourth-order valence-corrected chi connectivity index (χ4v) is 1.58. The van der Waals surface area contributed by atoms with Crippen LogP contribution in [0.4, 0.5) is 17.6 Å². The first-order valence-electron chi connectivity index (χ1n) is 6.47. The number of alkyl halides is 3. The van der Waals surface area contributed by atoms with Gasteiger partial charge in [-0.3, -0.25) is 4.79 Å². The Morgan fingerprint density at radius 2 is 2.18 bits per heavy atom. The van der Waals surface area contributed by atoms with Crippen LogP contribution in [0.1, 0.15) is 25.3 Å². The Morgan fingerprint density at radius 3 is 2.77 bits per heavy atom. The summed E-state index contributed by atoms with van der Waals surface area (Å²) >= 11 is 0. The summed E-state index contributed by atoms with van der Waals surface area (Å²) in [6, 6.07) is 1.12. The zero-order valence-electron chi connectivity index (χ0n) is 11.8. The number of carboxylic acids is 1. The van der Waals surface area contributed by atoms with Crippen LogP contribution < -0.4 is 10.1 Å². The van der Waals surface area contributed by atoms with Gasteiger partial charge in [-0.1, -0.05) is 0 Å². The number of aromatic nitrogens is 1. The number of hydrogen-bond acceptors (Lipinski definition) is 4. The number of nitrogens with one attached hydrogen (secondary N) is 1. The number of carboxylic acid groups (broad SMARTS) is 1. The highest BCUT2D eigenvalue weighted by Crippen LogP contribution is 2.21. The highest BCUT2D eigenvalue weighted by Gasteiger charge is 2.29. The van der Waals surface area contributed by atoms with Crippen molar-refractivity contribution in [1.29, 1.82) is 0 Å². The molecule has 0 aliphatic carbocycles. The van der Waals surface area contributed by atoms with Crippen LogP contribution in [0.3, 0.4) is 0 Å². The molecule has 9 heteroatoms. The summed E-state index contributed by atoms with van der Waals surface area (Å²) in [6.45, 7) is 0.128. The topological polar surface area (TPSA) is 71.5 Å². The lowest BCUT2D eigenvalue weighted by atomic mass is 10.1. The van der Waals surface area contributed by atoms with Crippen molar-refractivity contribution in [2.24, 2.45) is 0 Å². The van der Waals surface area contributed by atoms with Crippen molar-refractivity contribution in [2.75, 3.05) is 6.61 Å². The maximum Gasteiger partial charge on any atom is 0.422 e. The second-order valence-electron chi connectivity index (χ2n) is 4.71. The minimum Gasteiger partial charge on any atom is -0.481 e. The third kappa shape index (κ3) is 6.70. The molecule has 1 rings (SSSR count). The predicted octanol–water partition coefficient (Wildman–Crippen LogP) is 2.50. The van der Waals surface area contributed by atoms with E-state index >= 15 is 0 Å². The van der Waals surface area contributed by atoms with E-state index in [1.165, 1.54) is 6.07 Å². The Labute approximate surface area is 124 Å². The van der Waals surface area contributed by atoms with Gasteiger partial charge >= 0.3 is 12.1 Å². The maximum atomic E-state index is 13.9. The molecule has 0 saturated heterocycles. The van der Waals surface area contributed by atoms with E-state index in [4.69, 9.17) is 5.11 Å². The van der Waals surface area contributed by atoms with E-state index in [1.807, 2.05) is 0 Å². The maximum absolute atomic E-state index is 13.9. The van der Waals surface area contributed by atoms with Crippen LogP contribution in [0.2, 0.25) is 0 Å². The van der Waals surface area contributed by atoms with Gasteiger partial charge in [0.25, 0.3) is 5.88 Å². The molecular formula is C13H16F4N2O3. The van der Waals surface area contributed by atoms with Gasteiger partial charge in [0, 0.05) is 30.8 Å². The molecule has 1 atom stereocenters. The molecule has 2 N–H and O–H groups in total. The van der Waals surface area contributed by atoms with Crippen molar-refractivity contribution in [1.82, 2.24) is 10.3 Å². The van der Waals surface area contributed by atoms with E-state index in [2.05, 4.69) is 15.0 Å². The molecule has 1 aromatic heterocycles. The largest absolute Gasteiger partial charge is 0.481 e. The van der Waals surface area contributed by atoms with Crippen molar-refractivity contribution in [3.05, 3.63) is 23.6 Å². The number of aliphatic carboxylic acids is 1. The Kier molecular flexibility index (Phi) is 6.54. The molecule has 0 saturated carbocycles. The summed E-state index contributed by atoms with van der Waals surface area (Å²) in [5.74, 6) is -2.62. The van der Waals surface area contributed by atoms with Gasteiger partial charge in [-0.2, -0.15) is 13.2 Å². The van der Waals surface area contributed by atoms with Crippen molar-refractivity contribution in [3.8, 4) is 5.88 Å². The average Bonchev–Trinajstić information content (AvgIpc) is 2.41. The molecule has 0 amide bonds. The molecule has 1 heterocycles. The molecule has 5 nitrogen and oxygen atoms in total. The Hall–Kier alpha value is -1.90. The zero-order chi connectivity index (χ0) is 16.8. The van der Waals surface area contributed by atoms with Gasteiger partial charge in [0.1, 0.15) is 0 Å². The molecule has 0 bridgehead atoms. The number of ether oxygens (including phenoxy) is 1. The lowest BCUT2D eigenvalue weighted by molar-refractivity contribution is -0.154. The second-order valence-corrected chi connectivity index (χ2v) is 4.71. The summed E-state index contributed by atoms with van der Waals surface area (Å²) < 4.78 is 54.4. The van der Waals surface area contributed by atoms with Crippen molar-refractivity contribution < 1.29 is 32.2 Å². The summed E-state index contributed by atoms with van der Waals surface area (Å²) in [5, 5.41) is 11.4. The SMILES string of the molecule is CC(CCC(=O)O)NCc1ccnc(OCC(F)(F)F)c1F. The van der Waals surface area contributed by atoms with Gasteiger partial charge in [0.05, 0.1) is 0 Å². The molecule has 0 aromatic carbocycles. The van der Waals surface area contributed by atoms with Crippen molar-refractivity contribution in [3.63, 3.8) is 0 Å². The number of halogens is 4. The van der Waals surface area contributed by atoms with Crippen LogP contribution in [-0.4, -0.2) is 34.9 Å². The van der Waals surface area contributed by atoms with Gasteiger partial charge in [0.2, 0.25) is 0 Å². The zero-order valence-corrected chi connectivity index (χ0v) is 11.8. The van der Waals surface area contributed by atoms with Crippen molar-refractivity contribution in [2.45, 2.75) is 38.5 Å². The van der Waals surface area contributed by atoms with E-state index in [1.54, 1.807) is 6.92 Å². The lowest BCUT2D eigenvalue weighted by Crippen LogP contribution is -2.27. The second kappa shape index (κ2) is 7.92. The summed E-state index contributed by atoms with van der Waals surface area (Å²) in [7, 11) is 0. The number of carbonyl (C=O) groups is 1. The molecule has 0 aliphatic rings. The fourth-order valence-electron chi connectivity index (χ4n) is 1.58. The average molecular weight is 324 g/mol. The van der Waals surface area contributed by atoms with Crippen LogP contribution in [0.25, 0.3) is 0 Å². The Bertz CT molecular complexity index is 509. The highest BCUT2D eigenvalue weighted by atomic mass is 19.4. The van der Waals surface area contributed by atoms with E-state index < -0.39 is 30.4 Å². The van der Waals surface area contributed by atoms with E-state index in [-0.39, 0.29) is 24.6 Å². The minimum atomic E-state index is -4.58. The van der Waals surface area contributed by atoms with Crippen LogP contribution in [0, 0.1) is 5.82 Å². The molecule has 1 unspecified atom stereocenters. The van der Waals surface area contributed by atoms with E-state index in [0.717, 1.165) is 6.20 Å². The molecule has 22 heavy (non-hydrogen) atoms. The van der Waals surface area contributed by atoms with Crippen molar-refractivity contribution >= 4 is 5.97 Å². The summed E-state index contributed by atoms with van der Waals surface area (Å²) in [6.07, 6.45) is -3.12. The molecule has 0 radical (unpaired) electrons. The van der Waals surface area contributed by atoms with Gasteiger partial charge in [-0.15, -0.1) is 0 Å². The lowest BCUT2D eigenvalue weighted by Gasteiger charge is -2.14. The van der Waals surface area contributed by atoms with Gasteiger partial charge in [-0.05, 0) is 19.4 Å². The molecule has 0 fully saturated rings.